The molecule has 1 aromatic heterocycles. The smallest absolute Gasteiger partial charge is 0.331 e. The summed E-state index contributed by atoms with van der Waals surface area (Å²) >= 11 is 1.65. The van der Waals surface area contributed by atoms with Gasteiger partial charge in [0.25, 0.3) is 0 Å². The van der Waals surface area contributed by atoms with Crippen LogP contribution >= 0.6 is 11.3 Å². The zero-order chi connectivity index (χ0) is 19.9. The SMILES string of the molecule is C=C(CC(=O)Nc1cccc(C=Cc2nc(C3CCCCC3)cs2)c1)C(=O)O. The third kappa shape index (κ3) is 5.63. The van der Waals surface area contributed by atoms with Crippen molar-refractivity contribution in [2.24, 2.45) is 0 Å². The maximum atomic E-state index is 11.9. The number of carboxylic acid groups (broad SMARTS) is 1. The van der Waals surface area contributed by atoms with E-state index in [0.29, 0.717) is 11.6 Å². The normalized spacial score (nSPS) is 14.9. The molecule has 0 unspecified atom stereocenters. The van der Waals surface area contributed by atoms with Gasteiger partial charge >= 0.3 is 5.97 Å². The maximum Gasteiger partial charge on any atom is 0.331 e. The van der Waals surface area contributed by atoms with Crippen LogP contribution in [0.1, 0.15) is 60.7 Å². The molecule has 0 saturated heterocycles. The Hall–Kier alpha value is -2.73. The van der Waals surface area contributed by atoms with Crippen molar-refractivity contribution in [3.8, 4) is 0 Å². The molecule has 0 spiro atoms. The molecule has 1 aliphatic rings. The molecule has 5 nitrogen and oxygen atoms in total. The van der Waals surface area contributed by atoms with Crippen LogP contribution in [0, 0.1) is 0 Å². The first-order valence-electron chi connectivity index (χ1n) is 9.46. The number of anilines is 1. The quantitative estimate of drug-likeness (QED) is 0.620. The monoisotopic (exact) mass is 396 g/mol. The number of nitrogens with one attached hydrogen (secondary N) is 1. The predicted molar refractivity (Wildman–Crippen MR) is 113 cm³/mol. The van der Waals surface area contributed by atoms with E-state index < -0.39 is 11.9 Å². The highest BCUT2D eigenvalue weighted by molar-refractivity contribution is 7.10. The highest BCUT2D eigenvalue weighted by Gasteiger charge is 2.17. The van der Waals surface area contributed by atoms with Crippen molar-refractivity contribution >= 4 is 41.1 Å². The van der Waals surface area contributed by atoms with Gasteiger partial charge in [-0.1, -0.05) is 44.1 Å². The van der Waals surface area contributed by atoms with E-state index in [1.165, 1.54) is 37.8 Å². The van der Waals surface area contributed by atoms with Crippen molar-refractivity contribution in [1.82, 2.24) is 4.98 Å². The molecule has 1 fully saturated rings. The first-order valence-corrected chi connectivity index (χ1v) is 10.3. The van der Waals surface area contributed by atoms with Crippen LogP contribution in [-0.4, -0.2) is 22.0 Å². The molecule has 1 aliphatic carbocycles. The van der Waals surface area contributed by atoms with E-state index >= 15 is 0 Å². The van der Waals surface area contributed by atoms with Gasteiger partial charge in [0.15, 0.2) is 0 Å². The molecule has 2 aromatic rings. The van der Waals surface area contributed by atoms with E-state index in [1.807, 2.05) is 30.4 Å². The number of carboxylic acids is 1. The first kappa shape index (κ1) is 20.0. The van der Waals surface area contributed by atoms with Gasteiger partial charge < -0.3 is 10.4 Å². The van der Waals surface area contributed by atoms with Crippen LogP contribution in [-0.2, 0) is 9.59 Å². The Balaban J connectivity index is 1.61. The minimum Gasteiger partial charge on any atom is -0.478 e. The van der Waals surface area contributed by atoms with E-state index in [0.717, 1.165) is 10.6 Å². The fourth-order valence-corrected chi connectivity index (χ4v) is 4.12. The Morgan fingerprint density at radius 1 is 1.25 bits per heavy atom. The molecule has 0 aliphatic heterocycles. The van der Waals surface area contributed by atoms with Gasteiger partial charge in [0.05, 0.1) is 12.1 Å². The van der Waals surface area contributed by atoms with E-state index in [9.17, 15) is 9.59 Å². The molecular weight excluding hydrogens is 372 g/mol. The molecule has 1 amide bonds. The maximum absolute atomic E-state index is 11.9. The van der Waals surface area contributed by atoms with Crippen LogP contribution < -0.4 is 5.32 Å². The largest absolute Gasteiger partial charge is 0.478 e. The predicted octanol–water partition coefficient (Wildman–Crippen LogP) is 5.33. The number of amides is 1. The number of aliphatic carboxylic acids is 1. The number of hydrogen-bond acceptors (Lipinski definition) is 4. The lowest BCUT2D eigenvalue weighted by atomic mass is 9.87. The van der Waals surface area contributed by atoms with Crippen LogP contribution in [0.15, 0.2) is 41.8 Å². The Kier molecular flexibility index (Phi) is 6.76. The summed E-state index contributed by atoms with van der Waals surface area (Å²) in [6.45, 7) is 3.37. The fraction of sp³-hybridized carbons (Fsp3) is 0.318. The van der Waals surface area contributed by atoms with E-state index in [4.69, 9.17) is 10.1 Å². The average molecular weight is 397 g/mol. The summed E-state index contributed by atoms with van der Waals surface area (Å²) in [5.74, 6) is -0.959. The molecule has 0 atom stereocenters. The van der Waals surface area contributed by atoms with Crippen molar-refractivity contribution in [3.05, 3.63) is 58.1 Å². The second-order valence-electron chi connectivity index (χ2n) is 7.04. The number of benzene rings is 1. The van der Waals surface area contributed by atoms with Crippen molar-refractivity contribution < 1.29 is 14.7 Å². The standard InChI is InChI=1S/C22H24N2O3S/c1-15(22(26)27)12-20(25)23-18-9-5-6-16(13-18)10-11-21-24-19(14-28-21)17-7-3-2-4-8-17/h5-6,9-11,13-14,17H,1-4,7-8,12H2,(H,23,25)(H,26,27). The molecule has 0 radical (unpaired) electrons. The van der Waals surface area contributed by atoms with Crippen molar-refractivity contribution in [1.29, 1.82) is 0 Å². The second kappa shape index (κ2) is 9.46. The fourth-order valence-electron chi connectivity index (χ4n) is 3.33. The van der Waals surface area contributed by atoms with Gasteiger partial charge in [-0.2, -0.15) is 0 Å². The molecule has 6 heteroatoms. The van der Waals surface area contributed by atoms with Crippen LogP contribution in [0.3, 0.4) is 0 Å². The molecule has 1 saturated carbocycles. The van der Waals surface area contributed by atoms with Gasteiger partial charge in [0.2, 0.25) is 5.91 Å². The van der Waals surface area contributed by atoms with Crippen molar-refractivity contribution in [2.45, 2.75) is 44.4 Å². The van der Waals surface area contributed by atoms with Crippen LogP contribution in [0.2, 0.25) is 0 Å². The third-order valence-corrected chi connectivity index (χ3v) is 5.66. The number of carbonyl (C=O) groups excluding carboxylic acids is 1. The molecule has 2 N–H and O–H groups in total. The van der Waals surface area contributed by atoms with Gasteiger partial charge in [-0.3, -0.25) is 4.79 Å². The molecule has 1 aromatic carbocycles. The Morgan fingerprint density at radius 3 is 2.79 bits per heavy atom. The summed E-state index contributed by atoms with van der Waals surface area (Å²) in [6.07, 6.45) is 10.1. The van der Waals surface area contributed by atoms with Gasteiger partial charge in [0, 0.05) is 22.6 Å². The first-order chi connectivity index (χ1) is 13.5. The zero-order valence-corrected chi connectivity index (χ0v) is 16.5. The molecular formula is C22H24N2O3S. The van der Waals surface area contributed by atoms with Crippen molar-refractivity contribution in [3.63, 3.8) is 0 Å². The summed E-state index contributed by atoms with van der Waals surface area (Å²) in [5.41, 5.74) is 2.63. The van der Waals surface area contributed by atoms with Gasteiger partial charge in [-0.15, -0.1) is 11.3 Å². The van der Waals surface area contributed by atoms with E-state index in [1.54, 1.807) is 17.4 Å². The highest BCUT2D eigenvalue weighted by atomic mass is 32.1. The lowest BCUT2D eigenvalue weighted by Gasteiger charge is -2.19. The van der Waals surface area contributed by atoms with Crippen LogP contribution in [0.4, 0.5) is 5.69 Å². The topological polar surface area (TPSA) is 79.3 Å². The summed E-state index contributed by atoms with van der Waals surface area (Å²) in [5, 5.41) is 14.7. The lowest BCUT2D eigenvalue weighted by Crippen LogP contribution is -2.14. The minimum atomic E-state index is -1.16. The number of nitrogens with zero attached hydrogens (tertiary/aromatic N) is 1. The Bertz CT molecular complexity index is 895. The lowest BCUT2D eigenvalue weighted by molar-refractivity contribution is -0.133. The van der Waals surface area contributed by atoms with Crippen LogP contribution in [0.5, 0.6) is 0 Å². The van der Waals surface area contributed by atoms with Gasteiger partial charge in [-0.05, 0) is 36.6 Å². The molecule has 28 heavy (non-hydrogen) atoms. The van der Waals surface area contributed by atoms with E-state index in [2.05, 4.69) is 17.3 Å². The number of hydrogen-bond donors (Lipinski definition) is 2. The summed E-state index contributed by atoms with van der Waals surface area (Å²) < 4.78 is 0. The molecule has 1 heterocycles. The second-order valence-corrected chi connectivity index (χ2v) is 7.93. The molecule has 0 bridgehead atoms. The summed E-state index contributed by atoms with van der Waals surface area (Å²) in [4.78, 5) is 27.4. The van der Waals surface area contributed by atoms with E-state index in [-0.39, 0.29) is 12.0 Å². The number of rotatable bonds is 7. The minimum absolute atomic E-state index is 0.133. The molecule has 3 rings (SSSR count). The van der Waals surface area contributed by atoms with Gasteiger partial charge in [0.1, 0.15) is 5.01 Å². The van der Waals surface area contributed by atoms with Gasteiger partial charge in [-0.25, -0.2) is 9.78 Å². The number of aromatic nitrogens is 1. The average Bonchev–Trinajstić information content (AvgIpc) is 3.16. The molecule has 146 valence electrons. The zero-order valence-electron chi connectivity index (χ0n) is 15.7. The summed E-state index contributed by atoms with van der Waals surface area (Å²) in [6, 6.07) is 7.39. The third-order valence-electron chi connectivity index (χ3n) is 4.83. The van der Waals surface area contributed by atoms with Crippen LogP contribution in [0.25, 0.3) is 12.2 Å². The number of thiazole rings is 1. The highest BCUT2D eigenvalue weighted by Crippen LogP contribution is 2.33. The number of carbonyl (C=O) groups is 2. The Morgan fingerprint density at radius 2 is 2.04 bits per heavy atom. The summed E-state index contributed by atoms with van der Waals surface area (Å²) in [7, 11) is 0. The van der Waals surface area contributed by atoms with Crippen molar-refractivity contribution in [2.75, 3.05) is 5.32 Å². The Labute approximate surface area is 168 Å².